The van der Waals surface area contributed by atoms with Gasteiger partial charge in [0, 0.05) is 18.8 Å². The minimum atomic E-state index is -0.0480. The minimum Gasteiger partial charge on any atom is -0.329 e. The van der Waals surface area contributed by atoms with Crippen LogP contribution in [0.2, 0.25) is 0 Å². The molecule has 1 aromatic heterocycles. The highest BCUT2D eigenvalue weighted by atomic mass is 16.1. The summed E-state index contributed by atoms with van der Waals surface area (Å²) in [6.07, 6.45) is 5.04. The van der Waals surface area contributed by atoms with E-state index in [9.17, 15) is 4.79 Å². The predicted octanol–water partition coefficient (Wildman–Crippen LogP) is 0.752. The van der Waals surface area contributed by atoms with E-state index >= 15 is 0 Å². The molecule has 68 valence electrons. The summed E-state index contributed by atoms with van der Waals surface area (Å²) in [7, 11) is 0. The zero-order valence-electron chi connectivity index (χ0n) is 7.34. The Morgan fingerprint density at radius 2 is 2.23 bits per heavy atom. The molecule has 0 bridgehead atoms. The van der Waals surface area contributed by atoms with E-state index in [1.54, 1.807) is 12.3 Å². The molecular weight excluding hydrogens is 164 g/mol. The van der Waals surface area contributed by atoms with E-state index in [4.69, 9.17) is 0 Å². The molecule has 2 N–H and O–H groups in total. The maximum atomic E-state index is 10.8. The Morgan fingerprint density at radius 1 is 1.31 bits per heavy atom. The van der Waals surface area contributed by atoms with Crippen molar-refractivity contribution < 1.29 is 0 Å². The number of rotatable bonds is 1. The summed E-state index contributed by atoms with van der Waals surface area (Å²) in [6.45, 7) is 1.94. The molecule has 1 aliphatic heterocycles. The van der Waals surface area contributed by atoms with Crippen molar-refractivity contribution in [2.75, 3.05) is 13.1 Å². The average molecular weight is 176 g/mol. The molecule has 2 rings (SSSR count). The van der Waals surface area contributed by atoms with Gasteiger partial charge in [-0.3, -0.25) is 4.79 Å². The molecule has 0 amide bonds. The highest BCUT2D eigenvalue weighted by molar-refractivity contribution is 5.66. The van der Waals surface area contributed by atoms with Crippen LogP contribution in [0.15, 0.2) is 29.2 Å². The lowest BCUT2D eigenvalue weighted by molar-refractivity contribution is 0.739. The smallest absolute Gasteiger partial charge is 0.247 e. The molecule has 0 aliphatic carbocycles. The van der Waals surface area contributed by atoms with Crippen LogP contribution in [0.25, 0.3) is 5.57 Å². The van der Waals surface area contributed by atoms with E-state index in [2.05, 4.69) is 16.4 Å². The van der Waals surface area contributed by atoms with Crippen LogP contribution >= 0.6 is 0 Å². The van der Waals surface area contributed by atoms with Crippen molar-refractivity contribution >= 4 is 5.57 Å². The van der Waals surface area contributed by atoms with Crippen LogP contribution in [-0.4, -0.2) is 18.1 Å². The van der Waals surface area contributed by atoms with Gasteiger partial charge in [-0.05, 0) is 30.2 Å². The predicted molar refractivity (Wildman–Crippen MR) is 52.5 cm³/mol. The monoisotopic (exact) mass is 176 g/mol. The molecule has 0 unspecified atom stereocenters. The lowest BCUT2D eigenvalue weighted by Gasteiger charge is -2.13. The molecular formula is C10H12N2O. The van der Waals surface area contributed by atoms with Gasteiger partial charge in [0.25, 0.3) is 0 Å². The fraction of sp³-hybridized carbons (Fsp3) is 0.300. The second-order valence-corrected chi connectivity index (χ2v) is 3.14. The van der Waals surface area contributed by atoms with Crippen molar-refractivity contribution in [1.29, 1.82) is 0 Å². The first-order chi connectivity index (χ1) is 6.36. The number of hydrogen-bond acceptors (Lipinski definition) is 2. The van der Waals surface area contributed by atoms with Gasteiger partial charge < -0.3 is 10.3 Å². The van der Waals surface area contributed by atoms with Crippen LogP contribution in [0.5, 0.6) is 0 Å². The molecule has 3 heteroatoms. The van der Waals surface area contributed by atoms with Crippen LogP contribution in [0, 0.1) is 0 Å². The van der Waals surface area contributed by atoms with E-state index in [0.717, 1.165) is 25.1 Å². The number of pyridine rings is 1. The molecule has 0 saturated carbocycles. The molecule has 0 atom stereocenters. The van der Waals surface area contributed by atoms with Crippen molar-refractivity contribution in [3.63, 3.8) is 0 Å². The van der Waals surface area contributed by atoms with Crippen molar-refractivity contribution in [2.24, 2.45) is 0 Å². The van der Waals surface area contributed by atoms with Gasteiger partial charge in [-0.1, -0.05) is 6.08 Å². The van der Waals surface area contributed by atoms with Gasteiger partial charge in [0.05, 0.1) is 0 Å². The van der Waals surface area contributed by atoms with Crippen molar-refractivity contribution in [2.45, 2.75) is 6.42 Å². The SMILES string of the molecule is O=c1ccc(C2=CCCNC2)c[nH]1. The Morgan fingerprint density at radius 3 is 2.85 bits per heavy atom. The van der Waals surface area contributed by atoms with E-state index in [1.807, 2.05) is 6.07 Å². The first-order valence-electron chi connectivity index (χ1n) is 4.45. The molecule has 0 radical (unpaired) electrons. The Labute approximate surface area is 76.5 Å². The maximum absolute atomic E-state index is 10.8. The summed E-state index contributed by atoms with van der Waals surface area (Å²) in [6, 6.07) is 3.42. The third-order valence-electron chi connectivity index (χ3n) is 2.18. The zero-order valence-corrected chi connectivity index (χ0v) is 7.34. The number of hydrogen-bond donors (Lipinski definition) is 2. The molecule has 0 aromatic carbocycles. The normalized spacial score (nSPS) is 16.8. The van der Waals surface area contributed by atoms with Gasteiger partial charge in [0.15, 0.2) is 0 Å². The molecule has 0 fully saturated rings. The van der Waals surface area contributed by atoms with Crippen LogP contribution in [0.3, 0.4) is 0 Å². The summed E-state index contributed by atoms with van der Waals surface area (Å²) < 4.78 is 0. The Kier molecular flexibility index (Phi) is 2.27. The first kappa shape index (κ1) is 8.26. The highest BCUT2D eigenvalue weighted by Crippen LogP contribution is 2.13. The zero-order chi connectivity index (χ0) is 9.10. The Hall–Kier alpha value is -1.35. The van der Waals surface area contributed by atoms with Gasteiger partial charge in [0.2, 0.25) is 5.56 Å². The van der Waals surface area contributed by atoms with Crippen LogP contribution in [0.4, 0.5) is 0 Å². The van der Waals surface area contributed by atoms with E-state index in [0.29, 0.717) is 0 Å². The average Bonchev–Trinajstić information content (AvgIpc) is 2.20. The lowest BCUT2D eigenvalue weighted by atomic mass is 10.0. The Bertz CT molecular complexity index is 358. The van der Waals surface area contributed by atoms with Gasteiger partial charge in [0.1, 0.15) is 0 Å². The van der Waals surface area contributed by atoms with Gasteiger partial charge >= 0.3 is 0 Å². The summed E-state index contributed by atoms with van der Waals surface area (Å²) in [4.78, 5) is 13.5. The second kappa shape index (κ2) is 3.58. The van der Waals surface area contributed by atoms with Crippen molar-refractivity contribution in [3.05, 3.63) is 40.3 Å². The number of nitrogens with one attached hydrogen (secondary N) is 2. The van der Waals surface area contributed by atoms with Crippen LogP contribution in [-0.2, 0) is 0 Å². The van der Waals surface area contributed by atoms with Crippen LogP contribution in [0.1, 0.15) is 12.0 Å². The van der Waals surface area contributed by atoms with Crippen molar-refractivity contribution in [3.8, 4) is 0 Å². The fourth-order valence-corrected chi connectivity index (χ4v) is 1.47. The lowest BCUT2D eigenvalue weighted by Crippen LogP contribution is -2.21. The third kappa shape index (κ3) is 1.87. The highest BCUT2D eigenvalue weighted by Gasteiger charge is 2.04. The standard InChI is InChI=1S/C10H12N2O/c13-10-4-3-9(7-12-10)8-2-1-5-11-6-8/h2-4,7,11H,1,5-6H2,(H,12,13). The van der Waals surface area contributed by atoms with E-state index in [-0.39, 0.29) is 5.56 Å². The fourth-order valence-electron chi connectivity index (χ4n) is 1.47. The third-order valence-corrected chi connectivity index (χ3v) is 2.18. The van der Waals surface area contributed by atoms with Gasteiger partial charge in [-0.2, -0.15) is 0 Å². The summed E-state index contributed by atoms with van der Waals surface area (Å²) in [5.41, 5.74) is 2.32. The minimum absolute atomic E-state index is 0.0480. The molecule has 13 heavy (non-hydrogen) atoms. The molecule has 1 aromatic rings. The molecule has 0 saturated heterocycles. The topological polar surface area (TPSA) is 44.9 Å². The largest absolute Gasteiger partial charge is 0.329 e. The van der Waals surface area contributed by atoms with Gasteiger partial charge in [-0.25, -0.2) is 0 Å². The number of aromatic nitrogens is 1. The summed E-state index contributed by atoms with van der Waals surface area (Å²) in [5.74, 6) is 0. The second-order valence-electron chi connectivity index (χ2n) is 3.14. The Balaban J connectivity index is 2.29. The first-order valence-corrected chi connectivity index (χ1v) is 4.45. The summed E-state index contributed by atoms with van der Waals surface area (Å²) >= 11 is 0. The van der Waals surface area contributed by atoms with Gasteiger partial charge in [-0.15, -0.1) is 0 Å². The molecule has 2 heterocycles. The molecule has 3 nitrogen and oxygen atoms in total. The van der Waals surface area contributed by atoms with Crippen LogP contribution < -0.4 is 10.9 Å². The maximum Gasteiger partial charge on any atom is 0.247 e. The molecule has 1 aliphatic rings. The number of H-pyrrole nitrogens is 1. The van der Waals surface area contributed by atoms with E-state index < -0.39 is 0 Å². The quantitative estimate of drug-likeness (QED) is 0.663. The van der Waals surface area contributed by atoms with E-state index in [1.165, 1.54) is 5.57 Å². The van der Waals surface area contributed by atoms with Crippen molar-refractivity contribution in [1.82, 2.24) is 10.3 Å². The number of aromatic amines is 1. The molecule has 0 spiro atoms. The summed E-state index contributed by atoms with van der Waals surface area (Å²) in [5, 5.41) is 3.29.